The van der Waals surface area contributed by atoms with Crippen LogP contribution < -0.4 is 4.98 Å². The minimum atomic E-state index is -1.54. The molecule has 4 atom stereocenters. The van der Waals surface area contributed by atoms with E-state index in [1.54, 1.807) is 0 Å². The highest BCUT2D eigenvalue weighted by molar-refractivity contribution is 6.76. The molecular weight excluding hydrogens is 270 g/mol. The molecule has 0 aliphatic heterocycles. The van der Waals surface area contributed by atoms with Crippen LogP contribution in [0.1, 0.15) is 20.8 Å². The molecule has 3 rings (SSSR count). The molecule has 0 spiro atoms. The van der Waals surface area contributed by atoms with Crippen LogP contribution in [0, 0.1) is 23.7 Å². The summed E-state index contributed by atoms with van der Waals surface area (Å²) in [5.74, 6) is 2.79. The molecule has 3 aliphatic carbocycles. The first-order valence-corrected chi connectivity index (χ1v) is 11.4. The second-order valence-corrected chi connectivity index (χ2v) is 12.8. The number of rotatable bonds is 2. The molecule has 0 amide bonds. The lowest BCUT2D eigenvalue weighted by molar-refractivity contribution is 0.461. The summed E-state index contributed by atoms with van der Waals surface area (Å²) in [4.78, 5) is 4.03. The van der Waals surface area contributed by atoms with Crippen LogP contribution in [0.25, 0.3) is 0 Å². The Labute approximate surface area is 131 Å². The van der Waals surface area contributed by atoms with Crippen LogP contribution in [0.3, 0.4) is 0 Å². The van der Waals surface area contributed by atoms with Crippen LogP contribution in [0.2, 0.25) is 18.6 Å². The molecule has 3 aliphatic rings. The third-order valence-electron chi connectivity index (χ3n) is 5.25. The van der Waals surface area contributed by atoms with Crippen molar-refractivity contribution in [3.63, 3.8) is 0 Å². The number of allylic oxidation sites excluding steroid dienone is 8. The van der Waals surface area contributed by atoms with E-state index in [1.165, 1.54) is 0 Å². The molecule has 0 radical (unpaired) electrons. The molecule has 0 aromatic carbocycles. The maximum atomic E-state index is 4.03. The largest absolute Gasteiger partial charge is 0.332 e. The van der Waals surface area contributed by atoms with Crippen LogP contribution in [0.15, 0.2) is 48.6 Å². The SMILES string of the molecule is CC(C)(C)N[Si](C)(C)C1C2C=CC=CC2C2C=CC=CC21. The van der Waals surface area contributed by atoms with Gasteiger partial charge in [-0.25, -0.2) is 0 Å². The first-order valence-electron chi connectivity index (χ1n) is 8.29. The Hall–Kier alpha value is -0.863. The summed E-state index contributed by atoms with van der Waals surface area (Å²) in [6.07, 6.45) is 18.9. The van der Waals surface area contributed by atoms with E-state index in [2.05, 4.69) is 87.5 Å². The molecule has 1 fully saturated rings. The highest BCUT2D eigenvalue weighted by atomic mass is 28.3. The lowest BCUT2D eigenvalue weighted by Gasteiger charge is -2.42. The minimum absolute atomic E-state index is 0.200. The number of nitrogens with one attached hydrogen (secondary N) is 1. The average Bonchev–Trinajstić information content (AvgIpc) is 2.71. The third-order valence-corrected chi connectivity index (χ3v) is 9.08. The Kier molecular flexibility index (Phi) is 3.65. The van der Waals surface area contributed by atoms with Gasteiger partial charge in [0.1, 0.15) is 8.24 Å². The topological polar surface area (TPSA) is 12.0 Å². The van der Waals surface area contributed by atoms with Crippen LogP contribution >= 0.6 is 0 Å². The molecule has 0 heterocycles. The number of hydrogen-bond acceptors (Lipinski definition) is 1. The minimum Gasteiger partial charge on any atom is -0.332 e. The van der Waals surface area contributed by atoms with E-state index < -0.39 is 8.24 Å². The molecule has 0 aromatic heterocycles. The molecular formula is C19H29NSi. The van der Waals surface area contributed by atoms with Crippen molar-refractivity contribution in [1.29, 1.82) is 0 Å². The zero-order chi connectivity index (χ0) is 15.3. The molecule has 4 unspecified atom stereocenters. The lowest BCUT2D eigenvalue weighted by atomic mass is 9.83. The van der Waals surface area contributed by atoms with Crippen molar-refractivity contribution in [2.75, 3.05) is 0 Å². The van der Waals surface area contributed by atoms with E-state index in [0.29, 0.717) is 23.7 Å². The van der Waals surface area contributed by atoms with Gasteiger partial charge in [0.25, 0.3) is 0 Å². The van der Waals surface area contributed by atoms with Gasteiger partial charge in [0.05, 0.1) is 0 Å². The summed E-state index contributed by atoms with van der Waals surface area (Å²) in [6, 6.07) is 0. The smallest absolute Gasteiger partial charge is 0.124 e. The van der Waals surface area contributed by atoms with E-state index in [-0.39, 0.29) is 5.54 Å². The Morgan fingerprint density at radius 1 is 0.714 bits per heavy atom. The van der Waals surface area contributed by atoms with E-state index in [9.17, 15) is 0 Å². The average molecular weight is 300 g/mol. The summed E-state index contributed by atoms with van der Waals surface area (Å²) in [5, 5.41) is 0. The fourth-order valence-corrected chi connectivity index (χ4v) is 9.73. The first kappa shape index (κ1) is 15.0. The monoisotopic (exact) mass is 299 g/mol. The van der Waals surface area contributed by atoms with Gasteiger partial charge in [0.15, 0.2) is 0 Å². The van der Waals surface area contributed by atoms with Crippen LogP contribution in [-0.2, 0) is 0 Å². The predicted octanol–water partition coefficient (Wildman–Crippen LogP) is 4.68. The normalized spacial score (nSPS) is 37.7. The second-order valence-electron chi connectivity index (χ2n) is 8.47. The van der Waals surface area contributed by atoms with Crippen molar-refractivity contribution < 1.29 is 0 Å². The molecule has 21 heavy (non-hydrogen) atoms. The summed E-state index contributed by atoms with van der Waals surface area (Å²) < 4.78 is 0. The maximum Gasteiger partial charge on any atom is 0.124 e. The standard InChI is InChI=1S/C19H29NSi/c1-19(2,3)20-21(4,5)18-16-12-8-6-10-14(16)15-11-7-9-13-17(15)18/h6-18,20H,1-5H3. The van der Waals surface area contributed by atoms with Crippen molar-refractivity contribution in [2.24, 2.45) is 23.7 Å². The van der Waals surface area contributed by atoms with Crippen LogP contribution in [0.4, 0.5) is 0 Å². The first-order chi connectivity index (χ1) is 9.80. The van der Waals surface area contributed by atoms with Crippen molar-refractivity contribution in [2.45, 2.75) is 44.9 Å². The molecule has 0 saturated heterocycles. The van der Waals surface area contributed by atoms with Crippen molar-refractivity contribution in [3.05, 3.63) is 48.6 Å². The van der Waals surface area contributed by atoms with Crippen molar-refractivity contribution >= 4 is 8.24 Å². The maximum absolute atomic E-state index is 4.03. The second kappa shape index (κ2) is 5.10. The van der Waals surface area contributed by atoms with Gasteiger partial charge in [-0.2, -0.15) is 0 Å². The van der Waals surface area contributed by atoms with Gasteiger partial charge < -0.3 is 4.98 Å². The third kappa shape index (κ3) is 2.76. The van der Waals surface area contributed by atoms with Gasteiger partial charge in [0.2, 0.25) is 0 Å². The van der Waals surface area contributed by atoms with E-state index >= 15 is 0 Å². The van der Waals surface area contributed by atoms with E-state index in [0.717, 1.165) is 5.54 Å². The fourth-order valence-electron chi connectivity index (χ4n) is 5.04. The fraction of sp³-hybridized carbons (Fsp3) is 0.579. The molecule has 1 nitrogen and oxygen atoms in total. The van der Waals surface area contributed by atoms with E-state index in [4.69, 9.17) is 0 Å². The number of fused-ring (bicyclic) bond motifs is 3. The quantitative estimate of drug-likeness (QED) is 0.730. The predicted molar refractivity (Wildman–Crippen MR) is 94.6 cm³/mol. The molecule has 0 aromatic rings. The van der Waals surface area contributed by atoms with Gasteiger partial charge in [-0.05, 0) is 50.0 Å². The van der Waals surface area contributed by atoms with Crippen molar-refractivity contribution in [3.8, 4) is 0 Å². The van der Waals surface area contributed by atoms with E-state index in [1.807, 2.05) is 0 Å². The molecule has 2 heteroatoms. The molecule has 1 N–H and O–H groups in total. The summed E-state index contributed by atoms with van der Waals surface area (Å²) >= 11 is 0. The highest BCUT2D eigenvalue weighted by Gasteiger charge is 2.54. The molecule has 0 bridgehead atoms. The Morgan fingerprint density at radius 3 is 1.48 bits per heavy atom. The highest BCUT2D eigenvalue weighted by Crippen LogP contribution is 2.57. The zero-order valence-corrected chi connectivity index (χ0v) is 15.0. The van der Waals surface area contributed by atoms with Gasteiger partial charge in [0, 0.05) is 5.54 Å². The zero-order valence-electron chi connectivity index (χ0n) is 14.0. The van der Waals surface area contributed by atoms with Gasteiger partial charge in [-0.15, -0.1) is 0 Å². The summed E-state index contributed by atoms with van der Waals surface area (Å²) in [7, 11) is -1.54. The summed E-state index contributed by atoms with van der Waals surface area (Å²) in [6.45, 7) is 12.0. The molecule has 1 saturated carbocycles. The van der Waals surface area contributed by atoms with Gasteiger partial charge >= 0.3 is 0 Å². The Balaban J connectivity index is 1.96. The Morgan fingerprint density at radius 2 is 1.10 bits per heavy atom. The molecule has 114 valence electrons. The van der Waals surface area contributed by atoms with Crippen LogP contribution in [-0.4, -0.2) is 13.8 Å². The van der Waals surface area contributed by atoms with Gasteiger partial charge in [-0.3, -0.25) is 0 Å². The van der Waals surface area contributed by atoms with Gasteiger partial charge in [-0.1, -0.05) is 61.7 Å². The van der Waals surface area contributed by atoms with Crippen LogP contribution in [0.5, 0.6) is 0 Å². The van der Waals surface area contributed by atoms with Crippen molar-refractivity contribution in [1.82, 2.24) is 4.98 Å². The number of hydrogen-bond donors (Lipinski definition) is 1. The Bertz CT molecular complexity index is 484. The summed E-state index contributed by atoms with van der Waals surface area (Å²) in [5.41, 5.74) is 0.972. The lowest BCUT2D eigenvalue weighted by Crippen LogP contribution is -2.58.